The van der Waals surface area contributed by atoms with Crippen molar-refractivity contribution in [3.05, 3.63) is 70.3 Å². The topological polar surface area (TPSA) is 65.0 Å². The summed E-state index contributed by atoms with van der Waals surface area (Å²) in [6.45, 7) is 0.802. The molecule has 0 fully saturated rings. The Bertz CT molecular complexity index is 818. The minimum absolute atomic E-state index is 0.0161. The Morgan fingerprint density at radius 1 is 1.10 bits per heavy atom. The average molecular weight is 341 g/mol. The van der Waals surface area contributed by atoms with Gasteiger partial charge in [-0.2, -0.15) is 0 Å². The van der Waals surface area contributed by atoms with Crippen LogP contribution in [0.1, 0.15) is 11.1 Å². The number of hydrogen-bond donors (Lipinski definition) is 2. The van der Waals surface area contributed by atoms with Gasteiger partial charge in [-0.1, -0.05) is 28.1 Å². The van der Waals surface area contributed by atoms with E-state index in [1.807, 2.05) is 42.6 Å². The molecule has 4 nitrogen and oxygen atoms in total. The third-order valence-corrected chi connectivity index (χ3v) is 3.95. The van der Waals surface area contributed by atoms with Crippen LogP contribution < -0.4 is 0 Å². The average Bonchev–Trinajstić information content (AvgIpc) is 2.91. The standard InChI is InChI=1S/C16H13BrN4/c17-14-4-1-11(2-5-14)10-21-8-7-12-9-13(16(18)20-19)3-6-15(12)21/h1-9,18-19H,10H2. The molecule has 2 N–H and O–H groups in total. The van der Waals surface area contributed by atoms with Crippen LogP contribution in [0.4, 0.5) is 0 Å². The molecule has 0 aliphatic carbocycles. The summed E-state index contributed by atoms with van der Waals surface area (Å²) in [6.07, 6.45) is 2.04. The zero-order valence-corrected chi connectivity index (χ0v) is 12.8. The summed E-state index contributed by atoms with van der Waals surface area (Å²) >= 11 is 3.44. The molecular weight excluding hydrogens is 328 g/mol. The second-order valence-corrected chi connectivity index (χ2v) is 5.72. The summed E-state index contributed by atoms with van der Waals surface area (Å²) in [7, 11) is 0. The van der Waals surface area contributed by atoms with Crippen LogP contribution in [-0.4, -0.2) is 10.4 Å². The summed E-state index contributed by atoms with van der Waals surface area (Å²) < 4.78 is 3.25. The highest BCUT2D eigenvalue weighted by Crippen LogP contribution is 2.20. The Morgan fingerprint density at radius 3 is 2.57 bits per heavy atom. The van der Waals surface area contributed by atoms with E-state index in [0.717, 1.165) is 21.9 Å². The minimum Gasteiger partial charge on any atom is -0.343 e. The molecule has 0 bridgehead atoms. The molecule has 5 heteroatoms. The first-order valence-electron chi connectivity index (χ1n) is 6.47. The molecule has 2 aromatic carbocycles. The van der Waals surface area contributed by atoms with Crippen LogP contribution in [0.15, 0.2) is 64.3 Å². The van der Waals surface area contributed by atoms with Crippen LogP contribution in [0.3, 0.4) is 0 Å². The van der Waals surface area contributed by atoms with E-state index in [1.165, 1.54) is 5.56 Å². The molecule has 0 aliphatic rings. The fourth-order valence-corrected chi connectivity index (χ4v) is 2.60. The first-order chi connectivity index (χ1) is 10.2. The number of hydrogen-bond acceptors (Lipinski definition) is 2. The normalized spacial score (nSPS) is 10.7. The van der Waals surface area contributed by atoms with Crippen molar-refractivity contribution in [3.63, 3.8) is 0 Å². The van der Waals surface area contributed by atoms with Crippen molar-refractivity contribution in [2.24, 2.45) is 5.11 Å². The van der Waals surface area contributed by atoms with Crippen LogP contribution in [0.5, 0.6) is 0 Å². The number of aromatic nitrogens is 1. The van der Waals surface area contributed by atoms with Gasteiger partial charge in [0.25, 0.3) is 0 Å². The lowest BCUT2D eigenvalue weighted by Crippen LogP contribution is -1.98. The van der Waals surface area contributed by atoms with Crippen molar-refractivity contribution < 1.29 is 0 Å². The zero-order chi connectivity index (χ0) is 14.8. The maximum absolute atomic E-state index is 7.59. The zero-order valence-electron chi connectivity index (χ0n) is 11.2. The monoisotopic (exact) mass is 340 g/mol. The van der Waals surface area contributed by atoms with E-state index in [1.54, 1.807) is 0 Å². The Labute approximate surface area is 130 Å². The lowest BCUT2D eigenvalue weighted by molar-refractivity contribution is 0.836. The van der Waals surface area contributed by atoms with E-state index in [0.29, 0.717) is 5.56 Å². The van der Waals surface area contributed by atoms with E-state index < -0.39 is 0 Å². The van der Waals surface area contributed by atoms with Crippen molar-refractivity contribution >= 4 is 32.7 Å². The Hall–Kier alpha value is -2.27. The van der Waals surface area contributed by atoms with Crippen LogP contribution in [-0.2, 0) is 6.54 Å². The first-order valence-corrected chi connectivity index (χ1v) is 7.26. The number of amidine groups is 1. The van der Waals surface area contributed by atoms with Gasteiger partial charge >= 0.3 is 0 Å². The van der Waals surface area contributed by atoms with E-state index in [2.05, 4.69) is 37.7 Å². The minimum atomic E-state index is -0.0161. The molecule has 3 aromatic rings. The van der Waals surface area contributed by atoms with Crippen molar-refractivity contribution in [3.8, 4) is 0 Å². The molecule has 0 spiro atoms. The van der Waals surface area contributed by atoms with Gasteiger partial charge in [0.2, 0.25) is 0 Å². The maximum Gasteiger partial charge on any atom is 0.173 e. The van der Waals surface area contributed by atoms with Gasteiger partial charge < -0.3 is 4.57 Å². The van der Waals surface area contributed by atoms with E-state index in [-0.39, 0.29) is 5.84 Å². The van der Waals surface area contributed by atoms with Gasteiger partial charge in [-0.05, 0) is 42.0 Å². The van der Waals surface area contributed by atoms with Gasteiger partial charge in [0.1, 0.15) is 0 Å². The van der Waals surface area contributed by atoms with Gasteiger partial charge in [-0.25, -0.2) is 5.53 Å². The van der Waals surface area contributed by atoms with Gasteiger partial charge in [0.15, 0.2) is 5.84 Å². The molecule has 0 aliphatic heterocycles. The third kappa shape index (κ3) is 2.78. The highest BCUT2D eigenvalue weighted by Gasteiger charge is 2.05. The molecule has 104 valence electrons. The van der Waals surface area contributed by atoms with Crippen LogP contribution >= 0.6 is 15.9 Å². The molecule has 0 saturated carbocycles. The van der Waals surface area contributed by atoms with Crippen molar-refractivity contribution in [1.82, 2.24) is 4.57 Å². The summed E-state index contributed by atoms with van der Waals surface area (Å²) in [6, 6.07) is 16.0. The fraction of sp³-hybridized carbons (Fsp3) is 0.0625. The second kappa shape index (κ2) is 5.61. The maximum atomic E-state index is 7.59. The van der Waals surface area contributed by atoms with Crippen molar-refractivity contribution in [2.45, 2.75) is 6.54 Å². The number of nitrogens with one attached hydrogen (secondary N) is 2. The van der Waals surface area contributed by atoms with E-state index in [4.69, 9.17) is 10.9 Å². The quantitative estimate of drug-likeness (QED) is 0.390. The second-order valence-electron chi connectivity index (χ2n) is 4.80. The van der Waals surface area contributed by atoms with Gasteiger partial charge in [0.05, 0.1) is 0 Å². The fourth-order valence-electron chi connectivity index (χ4n) is 2.34. The molecular formula is C16H13BrN4. The molecule has 0 unspecified atom stereocenters. The predicted molar refractivity (Wildman–Crippen MR) is 87.2 cm³/mol. The molecule has 0 saturated heterocycles. The Morgan fingerprint density at radius 2 is 1.86 bits per heavy atom. The Kier molecular flexibility index (Phi) is 3.66. The molecule has 0 amide bonds. The number of rotatable bonds is 3. The van der Waals surface area contributed by atoms with Crippen LogP contribution in [0.2, 0.25) is 0 Å². The largest absolute Gasteiger partial charge is 0.343 e. The van der Waals surface area contributed by atoms with Crippen molar-refractivity contribution in [1.29, 1.82) is 10.9 Å². The molecule has 21 heavy (non-hydrogen) atoms. The summed E-state index contributed by atoms with van der Waals surface area (Å²) in [5.41, 5.74) is 9.92. The third-order valence-electron chi connectivity index (χ3n) is 3.42. The van der Waals surface area contributed by atoms with Gasteiger partial charge in [-0.3, -0.25) is 5.41 Å². The SMILES string of the molecule is N=NC(=N)c1ccc2c(ccn2Cc2ccc(Br)cc2)c1. The molecule has 0 radical (unpaired) electrons. The smallest absolute Gasteiger partial charge is 0.173 e. The number of fused-ring (bicyclic) bond motifs is 1. The molecule has 1 aromatic heterocycles. The van der Waals surface area contributed by atoms with E-state index >= 15 is 0 Å². The lowest BCUT2D eigenvalue weighted by Gasteiger charge is -2.06. The van der Waals surface area contributed by atoms with Gasteiger partial charge in [-0.15, -0.1) is 5.11 Å². The first kappa shape index (κ1) is 13.7. The van der Waals surface area contributed by atoms with E-state index in [9.17, 15) is 0 Å². The molecule has 0 atom stereocenters. The number of halogens is 1. The number of benzene rings is 2. The van der Waals surface area contributed by atoms with Gasteiger partial charge in [0, 0.05) is 33.7 Å². The summed E-state index contributed by atoms with van der Waals surface area (Å²) in [5.74, 6) is -0.0161. The lowest BCUT2D eigenvalue weighted by atomic mass is 10.1. The van der Waals surface area contributed by atoms with Crippen LogP contribution in [0.25, 0.3) is 10.9 Å². The number of nitrogens with zero attached hydrogens (tertiary/aromatic N) is 2. The summed E-state index contributed by atoms with van der Waals surface area (Å²) in [4.78, 5) is 0. The molecule has 3 rings (SSSR count). The molecule has 1 heterocycles. The Balaban J connectivity index is 1.95. The predicted octanol–water partition coefficient (Wildman–Crippen LogP) is 4.81. The van der Waals surface area contributed by atoms with Crippen molar-refractivity contribution in [2.75, 3.05) is 0 Å². The summed E-state index contributed by atoms with van der Waals surface area (Å²) in [5, 5.41) is 11.8. The highest BCUT2D eigenvalue weighted by atomic mass is 79.9. The van der Waals surface area contributed by atoms with Crippen LogP contribution in [0, 0.1) is 10.9 Å². The highest BCUT2D eigenvalue weighted by molar-refractivity contribution is 9.10.